The SMILES string of the molecule is CCCC/C=C\CCCCOC(=O)CC(C)C. The molecule has 0 aromatic carbocycles. The third-order valence-corrected chi connectivity index (χ3v) is 2.49. The molecule has 0 radical (unpaired) electrons. The molecule has 0 bridgehead atoms. The van der Waals surface area contributed by atoms with Gasteiger partial charge >= 0.3 is 5.97 Å². The zero-order valence-electron chi connectivity index (χ0n) is 11.7. The minimum atomic E-state index is -0.0570. The lowest BCUT2D eigenvalue weighted by Gasteiger charge is -2.05. The van der Waals surface area contributed by atoms with Gasteiger partial charge in [-0.1, -0.05) is 45.8 Å². The van der Waals surface area contributed by atoms with E-state index in [2.05, 4.69) is 19.1 Å². The molecule has 0 aliphatic heterocycles. The fourth-order valence-electron chi connectivity index (χ4n) is 1.50. The van der Waals surface area contributed by atoms with Gasteiger partial charge < -0.3 is 4.74 Å². The van der Waals surface area contributed by atoms with Gasteiger partial charge in [-0.25, -0.2) is 0 Å². The van der Waals surface area contributed by atoms with Gasteiger partial charge in [0.05, 0.1) is 6.61 Å². The molecular formula is C15H28O2. The predicted molar refractivity (Wildman–Crippen MR) is 72.9 cm³/mol. The molecule has 0 atom stereocenters. The van der Waals surface area contributed by atoms with Crippen LogP contribution >= 0.6 is 0 Å². The predicted octanol–water partition coefficient (Wildman–Crippen LogP) is 4.49. The summed E-state index contributed by atoms with van der Waals surface area (Å²) in [6, 6.07) is 0. The molecule has 0 aromatic rings. The molecule has 100 valence electrons. The van der Waals surface area contributed by atoms with E-state index in [1.807, 2.05) is 13.8 Å². The summed E-state index contributed by atoms with van der Waals surface area (Å²) in [5.41, 5.74) is 0. The van der Waals surface area contributed by atoms with Crippen LogP contribution in [0.1, 0.15) is 65.7 Å². The van der Waals surface area contributed by atoms with Crippen molar-refractivity contribution < 1.29 is 9.53 Å². The van der Waals surface area contributed by atoms with Gasteiger partial charge in [-0.2, -0.15) is 0 Å². The van der Waals surface area contributed by atoms with Crippen molar-refractivity contribution in [3.05, 3.63) is 12.2 Å². The molecule has 0 amide bonds. The maximum Gasteiger partial charge on any atom is 0.306 e. The van der Waals surface area contributed by atoms with Gasteiger partial charge in [-0.05, 0) is 31.6 Å². The Morgan fingerprint density at radius 1 is 1.12 bits per heavy atom. The van der Waals surface area contributed by atoms with Crippen molar-refractivity contribution in [3.8, 4) is 0 Å². The van der Waals surface area contributed by atoms with Crippen LogP contribution in [0.5, 0.6) is 0 Å². The number of carbonyl (C=O) groups is 1. The second kappa shape index (κ2) is 11.7. The van der Waals surface area contributed by atoms with Crippen molar-refractivity contribution in [2.45, 2.75) is 65.7 Å². The lowest BCUT2D eigenvalue weighted by atomic mass is 10.1. The van der Waals surface area contributed by atoms with Crippen molar-refractivity contribution in [2.75, 3.05) is 6.61 Å². The van der Waals surface area contributed by atoms with Crippen molar-refractivity contribution in [2.24, 2.45) is 5.92 Å². The molecule has 0 spiro atoms. The van der Waals surface area contributed by atoms with Gasteiger partial charge in [0, 0.05) is 6.42 Å². The summed E-state index contributed by atoms with van der Waals surface area (Å²) in [5.74, 6) is 0.336. The summed E-state index contributed by atoms with van der Waals surface area (Å²) in [6.07, 6.45) is 12.0. The second-order valence-corrected chi connectivity index (χ2v) is 4.93. The van der Waals surface area contributed by atoms with Crippen LogP contribution in [0.2, 0.25) is 0 Å². The van der Waals surface area contributed by atoms with Crippen molar-refractivity contribution in [1.82, 2.24) is 0 Å². The molecule has 0 saturated carbocycles. The quantitative estimate of drug-likeness (QED) is 0.319. The van der Waals surface area contributed by atoms with Crippen molar-refractivity contribution in [1.29, 1.82) is 0 Å². The minimum absolute atomic E-state index is 0.0570. The molecular weight excluding hydrogens is 212 g/mol. The van der Waals surface area contributed by atoms with E-state index in [1.165, 1.54) is 19.3 Å². The van der Waals surface area contributed by atoms with E-state index in [-0.39, 0.29) is 5.97 Å². The van der Waals surface area contributed by atoms with Crippen LogP contribution in [0.4, 0.5) is 0 Å². The Bertz CT molecular complexity index is 207. The molecule has 17 heavy (non-hydrogen) atoms. The third kappa shape index (κ3) is 13.1. The van der Waals surface area contributed by atoms with E-state index in [0.717, 1.165) is 19.3 Å². The molecule has 0 aromatic heterocycles. The first-order valence-corrected chi connectivity index (χ1v) is 6.97. The Balaban J connectivity index is 3.23. The minimum Gasteiger partial charge on any atom is -0.466 e. The van der Waals surface area contributed by atoms with E-state index in [4.69, 9.17) is 4.74 Å². The molecule has 0 heterocycles. The highest BCUT2D eigenvalue weighted by atomic mass is 16.5. The molecule has 0 fully saturated rings. The highest BCUT2D eigenvalue weighted by molar-refractivity contribution is 5.69. The summed E-state index contributed by atoms with van der Waals surface area (Å²) in [6.45, 7) is 6.85. The molecule has 2 heteroatoms. The Morgan fingerprint density at radius 3 is 2.35 bits per heavy atom. The normalized spacial score (nSPS) is 11.3. The first-order valence-electron chi connectivity index (χ1n) is 6.97. The first kappa shape index (κ1) is 16.2. The number of carbonyl (C=O) groups excluding carboxylic acids is 1. The number of unbranched alkanes of at least 4 members (excludes halogenated alkanes) is 4. The average molecular weight is 240 g/mol. The highest BCUT2D eigenvalue weighted by Gasteiger charge is 2.04. The molecule has 0 rings (SSSR count). The summed E-state index contributed by atoms with van der Waals surface area (Å²) < 4.78 is 5.13. The van der Waals surface area contributed by atoms with E-state index in [9.17, 15) is 4.79 Å². The Morgan fingerprint density at radius 2 is 1.76 bits per heavy atom. The van der Waals surface area contributed by atoms with Crippen molar-refractivity contribution >= 4 is 5.97 Å². The number of hydrogen-bond acceptors (Lipinski definition) is 2. The number of ether oxygens (including phenoxy) is 1. The fraction of sp³-hybridized carbons (Fsp3) is 0.800. The maximum atomic E-state index is 11.2. The van der Waals surface area contributed by atoms with Crippen LogP contribution in [-0.4, -0.2) is 12.6 Å². The smallest absolute Gasteiger partial charge is 0.306 e. The van der Waals surface area contributed by atoms with Gasteiger partial charge in [0.2, 0.25) is 0 Å². The Hall–Kier alpha value is -0.790. The highest BCUT2D eigenvalue weighted by Crippen LogP contribution is 2.04. The lowest BCUT2D eigenvalue weighted by molar-refractivity contribution is -0.144. The fourth-order valence-corrected chi connectivity index (χ4v) is 1.50. The van der Waals surface area contributed by atoms with Crippen LogP contribution in [-0.2, 0) is 9.53 Å². The van der Waals surface area contributed by atoms with Gasteiger partial charge in [0.1, 0.15) is 0 Å². The topological polar surface area (TPSA) is 26.3 Å². The van der Waals surface area contributed by atoms with Gasteiger partial charge in [-0.15, -0.1) is 0 Å². The summed E-state index contributed by atoms with van der Waals surface area (Å²) in [5, 5.41) is 0. The lowest BCUT2D eigenvalue weighted by Crippen LogP contribution is -2.08. The van der Waals surface area contributed by atoms with Gasteiger partial charge in [0.15, 0.2) is 0 Å². The summed E-state index contributed by atoms with van der Waals surface area (Å²) in [4.78, 5) is 11.2. The Labute approximate surface area is 106 Å². The summed E-state index contributed by atoms with van der Waals surface area (Å²) >= 11 is 0. The van der Waals surface area contributed by atoms with E-state index in [1.54, 1.807) is 0 Å². The maximum absolute atomic E-state index is 11.2. The van der Waals surface area contributed by atoms with Crippen LogP contribution in [0.15, 0.2) is 12.2 Å². The average Bonchev–Trinajstić information content (AvgIpc) is 2.26. The van der Waals surface area contributed by atoms with Crippen LogP contribution < -0.4 is 0 Å². The van der Waals surface area contributed by atoms with Crippen LogP contribution in [0, 0.1) is 5.92 Å². The first-order chi connectivity index (χ1) is 8.16. The zero-order valence-corrected chi connectivity index (χ0v) is 11.7. The molecule has 0 aliphatic rings. The number of allylic oxidation sites excluding steroid dienone is 2. The number of hydrogen-bond donors (Lipinski definition) is 0. The van der Waals surface area contributed by atoms with E-state index >= 15 is 0 Å². The molecule has 2 nitrogen and oxygen atoms in total. The zero-order chi connectivity index (χ0) is 12.9. The van der Waals surface area contributed by atoms with E-state index in [0.29, 0.717) is 18.9 Å². The number of rotatable bonds is 10. The van der Waals surface area contributed by atoms with Gasteiger partial charge in [0.25, 0.3) is 0 Å². The monoisotopic (exact) mass is 240 g/mol. The molecule has 0 N–H and O–H groups in total. The largest absolute Gasteiger partial charge is 0.466 e. The molecule has 0 saturated heterocycles. The van der Waals surface area contributed by atoms with Crippen LogP contribution in [0.3, 0.4) is 0 Å². The van der Waals surface area contributed by atoms with Gasteiger partial charge in [-0.3, -0.25) is 4.79 Å². The Kier molecular flexibility index (Phi) is 11.1. The molecule has 0 unspecified atom stereocenters. The number of esters is 1. The van der Waals surface area contributed by atoms with E-state index < -0.39 is 0 Å². The summed E-state index contributed by atoms with van der Waals surface area (Å²) in [7, 11) is 0. The molecule has 0 aliphatic carbocycles. The second-order valence-electron chi connectivity index (χ2n) is 4.93. The standard InChI is InChI=1S/C15H28O2/c1-4-5-6-7-8-9-10-11-12-17-15(16)13-14(2)3/h7-8,14H,4-6,9-13H2,1-3H3/b8-7-. The van der Waals surface area contributed by atoms with Crippen LogP contribution in [0.25, 0.3) is 0 Å². The van der Waals surface area contributed by atoms with Crippen molar-refractivity contribution in [3.63, 3.8) is 0 Å². The third-order valence-electron chi connectivity index (χ3n) is 2.49.